The fourth-order valence-corrected chi connectivity index (χ4v) is 2.99. The van der Waals surface area contributed by atoms with Crippen LogP contribution in [0.3, 0.4) is 0 Å². The standard InChI is InChI=1S/C21H16N2O2/c1-2-3-10-25-21(24)14-8-9-18-19(11-14)16-6-4-5-7-17(16)20(18)15(12-22)13-23/h4-9,11H,2-3,10H2,1H3. The first-order chi connectivity index (χ1) is 12.2. The Morgan fingerprint density at radius 1 is 1.00 bits per heavy atom. The smallest absolute Gasteiger partial charge is 0.338 e. The number of rotatable bonds is 4. The first-order valence-electron chi connectivity index (χ1n) is 8.17. The highest BCUT2D eigenvalue weighted by molar-refractivity contribution is 6.05. The lowest BCUT2D eigenvalue weighted by Crippen LogP contribution is -2.06. The first kappa shape index (κ1) is 16.5. The van der Waals surface area contributed by atoms with Crippen molar-refractivity contribution in [2.45, 2.75) is 19.8 Å². The quantitative estimate of drug-likeness (QED) is 0.402. The second-order valence-electron chi connectivity index (χ2n) is 5.77. The molecular weight excluding hydrogens is 312 g/mol. The zero-order valence-electron chi connectivity index (χ0n) is 13.9. The molecule has 0 spiro atoms. The molecule has 0 aliphatic heterocycles. The molecular formula is C21H16N2O2. The van der Waals surface area contributed by atoms with Crippen LogP contribution in [0.25, 0.3) is 16.7 Å². The topological polar surface area (TPSA) is 73.9 Å². The van der Waals surface area contributed by atoms with Crippen molar-refractivity contribution < 1.29 is 9.53 Å². The maximum absolute atomic E-state index is 12.2. The van der Waals surface area contributed by atoms with Gasteiger partial charge >= 0.3 is 5.97 Å². The zero-order chi connectivity index (χ0) is 17.8. The van der Waals surface area contributed by atoms with Crippen molar-refractivity contribution in [2.75, 3.05) is 6.61 Å². The van der Waals surface area contributed by atoms with Crippen LogP contribution in [-0.4, -0.2) is 12.6 Å². The van der Waals surface area contributed by atoms with Gasteiger partial charge in [0.15, 0.2) is 0 Å². The highest BCUT2D eigenvalue weighted by Gasteiger charge is 2.27. The predicted octanol–water partition coefficient (Wildman–Crippen LogP) is 4.47. The van der Waals surface area contributed by atoms with E-state index >= 15 is 0 Å². The van der Waals surface area contributed by atoms with Gasteiger partial charge in [-0.3, -0.25) is 0 Å². The summed E-state index contributed by atoms with van der Waals surface area (Å²) in [6.07, 6.45) is 1.80. The Balaban J connectivity index is 2.10. The number of allylic oxidation sites excluding steroid dienone is 1. The minimum absolute atomic E-state index is 0.0736. The lowest BCUT2D eigenvalue weighted by molar-refractivity contribution is 0.0500. The van der Waals surface area contributed by atoms with Crippen LogP contribution in [0.4, 0.5) is 0 Å². The summed E-state index contributed by atoms with van der Waals surface area (Å²) in [6.45, 7) is 2.44. The van der Waals surface area contributed by atoms with Gasteiger partial charge in [-0.15, -0.1) is 0 Å². The molecule has 3 rings (SSSR count). The van der Waals surface area contributed by atoms with Crippen molar-refractivity contribution in [1.82, 2.24) is 0 Å². The number of unbranched alkanes of at least 4 members (excludes halogenated alkanes) is 1. The average Bonchev–Trinajstić information content (AvgIpc) is 2.97. The third-order valence-corrected chi connectivity index (χ3v) is 4.22. The number of fused-ring (bicyclic) bond motifs is 3. The van der Waals surface area contributed by atoms with Crippen molar-refractivity contribution in [3.63, 3.8) is 0 Å². The molecule has 0 N–H and O–H groups in total. The third-order valence-electron chi connectivity index (χ3n) is 4.22. The van der Waals surface area contributed by atoms with Crippen molar-refractivity contribution in [3.8, 4) is 23.3 Å². The molecule has 2 aromatic rings. The minimum atomic E-state index is -0.355. The van der Waals surface area contributed by atoms with Crippen LogP contribution >= 0.6 is 0 Å². The molecule has 0 saturated carbocycles. The monoisotopic (exact) mass is 328 g/mol. The number of carbonyl (C=O) groups is 1. The number of hydrogen-bond acceptors (Lipinski definition) is 4. The van der Waals surface area contributed by atoms with Gasteiger partial charge in [0.2, 0.25) is 0 Å². The van der Waals surface area contributed by atoms with E-state index in [-0.39, 0.29) is 11.5 Å². The Hall–Kier alpha value is -3.37. The lowest BCUT2D eigenvalue weighted by Gasteiger charge is -2.07. The number of nitriles is 2. The third kappa shape index (κ3) is 2.91. The number of hydrogen-bond donors (Lipinski definition) is 0. The van der Waals surface area contributed by atoms with E-state index in [1.807, 2.05) is 43.3 Å². The number of benzene rings is 2. The molecule has 0 saturated heterocycles. The van der Waals surface area contributed by atoms with E-state index < -0.39 is 0 Å². The molecule has 0 amide bonds. The summed E-state index contributed by atoms with van der Waals surface area (Å²) in [4.78, 5) is 12.2. The summed E-state index contributed by atoms with van der Waals surface area (Å²) in [6, 6.07) is 16.8. The largest absolute Gasteiger partial charge is 0.462 e. The minimum Gasteiger partial charge on any atom is -0.462 e. The van der Waals surface area contributed by atoms with Gasteiger partial charge in [-0.1, -0.05) is 43.7 Å². The molecule has 4 heteroatoms. The van der Waals surface area contributed by atoms with Crippen LogP contribution in [0.1, 0.15) is 41.3 Å². The Morgan fingerprint density at radius 2 is 1.68 bits per heavy atom. The number of carbonyl (C=O) groups excluding carboxylic acids is 1. The Kier molecular flexibility index (Phi) is 4.64. The molecule has 122 valence electrons. The van der Waals surface area contributed by atoms with Gasteiger partial charge in [0.1, 0.15) is 17.7 Å². The Bertz CT molecular complexity index is 943. The highest BCUT2D eigenvalue weighted by Crippen LogP contribution is 2.45. The fraction of sp³-hybridized carbons (Fsp3) is 0.190. The molecule has 0 aromatic heterocycles. The predicted molar refractivity (Wildman–Crippen MR) is 94.3 cm³/mol. The molecule has 2 aromatic carbocycles. The molecule has 1 aliphatic carbocycles. The molecule has 0 unspecified atom stereocenters. The maximum Gasteiger partial charge on any atom is 0.338 e. The molecule has 4 nitrogen and oxygen atoms in total. The molecule has 25 heavy (non-hydrogen) atoms. The Morgan fingerprint density at radius 3 is 2.36 bits per heavy atom. The van der Waals surface area contributed by atoms with Crippen LogP contribution in [0.15, 0.2) is 48.0 Å². The van der Waals surface area contributed by atoms with E-state index in [0.29, 0.717) is 17.7 Å². The van der Waals surface area contributed by atoms with E-state index in [1.54, 1.807) is 18.2 Å². The lowest BCUT2D eigenvalue weighted by atomic mass is 9.98. The second-order valence-corrected chi connectivity index (χ2v) is 5.77. The van der Waals surface area contributed by atoms with E-state index in [1.165, 1.54) is 0 Å². The molecule has 0 radical (unpaired) electrons. The van der Waals surface area contributed by atoms with Gasteiger partial charge in [0.05, 0.1) is 12.2 Å². The summed E-state index contributed by atoms with van der Waals surface area (Å²) in [7, 11) is 0. The summed E-state index contributed by atoms with van der Waals surface area (Å²) in [5.74, 6) is -0.355. The molecule has 1 aliphatic rings. The van der Waals surface area contributed by atoms with Crippen LogP contribution in [-0.2, 0) is 4.74 Å². The maximum atomic E-state index is 12.2. The second kappa shape index (κ2) is 7.03. The molecule has 0 bridgehead atoms. The van der Waals surface area contributed by atoms with Gasteiger partial charge in [-0.2, -0.15) is 10.5 Å². The zero-order valence-corrected chi connectivity index (χ0v) is 13.9. The van der Waals surface area contributed by atoms with E-state index in [4.69, 9.17) is 4.74 Å². The van der Waals surface area contributed by atoms with Gasteiger partial charge in [0, 0.05) is 5.57 Å². The molecule has 0 atom stereocenters. The van der Waals surface area contributed by atoms with Crippen molar-refractivity contribution in [1.29, 1.82) is 10.5 Å². The summed E-state index contributed by atoms with van der Waals surface area (Å²) >= 11 is 0. The van der Waals surface area contributed by atoms with Crippen molar-refractivity contribution in [2.24, 2.45) is 0 Å². The first-order valence-corrected chi connectivity index (χ1v) is 8.17. The van der Waals surface area contributed by atoms with E-state index in [2.05, 4.69) is 0 Å². The van der Waals surface area contributed by atoms with E-state index in [9.17, 15) is 15.3 Å². The SMILES string of the molecule is CCCCOC(=O)c1ccc2c(c1)-c1ccccc1C2=C(C#N)C#N. The molecule has 0 fully saturated rings. The van der Waals surface area contributed by atoms with Crippen LogP contribution in [0.2, 0.25) is 0 Å². The van der Waals surface area contributed by atoms with E-state index in [0.717, 1.165) is 35.1 Å². The van der Waals surface area contributed by atoms with Crippen LogP contribution < -0.4 is 0 Å². The van der Waals surface area contributed by atoms with Crippen molar-refractivity contribution >= 4 is 11.5 Å². The van der Waals surface area contributed by atoms with Crippen LogP contribution in [0, 0.1) is 22.7 Å². The van der Waals surface area contributed by atoms with Crippen LogP contribution in [0.5, 0.6) is 0 Å². The van der Waals surface area contributed by atoms with Gasteiger partial charge in [0.25, 0.3) is 0 Å². The number of esters is 1. The average molecular weight is 328 g/mol. The normalized spacial score (nSPS) is 11.1. The summed E-state index contributed by atoms with van der Waals surface area (Å²) in [5, 5.41) is 18.6. The summed E-state index contributed by atoms with van der Waals surface area (Å²) in [5.41, 5.74) is 4.57. The number of ether oxygens (including phenoxy) is 1. The van der Waals surface area contributed by atoms with Gasteiger partial charge in [-0.25, -0.2) is 4.79 Å². The Labute approximate surface area is 146 Å². The molecule has 0 heterocycles. The fourth-order valence-electron chi connectivity index (χ4n) is 2.99. The summed E-state index contributed by atoms with van der Waals surface area (Å²) < 4.78 is 5.28. The van der Waals surface area contributed by atoms with Gasteiger partial charge < -0.3 is 4.74 Å². The number of nitrogens with zero attached hydrogens (tertiary/aromatic N) is 2. The van der Waals surface area contributed by atoms with Gasteiger partial charge in [-0.05, 0) is 40.8 Å². The highest BCUT2D eigenvalue weighted by atomic mass is 16.5. The van der Waals surface area contributed by atoms with Crippen molar-refractivity contribution in [3.05, 3.63) is 64.7 Å².